The molecule has 5 nitrogen and oxygen atoms in total. The van der Waals surface area contributed by atoms with E-state index in [1.54, 1.807) is 0 Å². The topological polar surface area (TPSA) is 58.3 Å². The summed E-state index contributed by atoms with van der Waals surface area (Å²) in [6.45, 7) is 6.34. The third-order valence-electron chi connectivity index (χ3n) is 4.39. The molecule has 110 valence electrons. The van der Waals surface area contributed by atoms with E-state index in [1.807, 2.05) is 6.92 Å². The molecule has 1 unspecified atom stereocenters. The number of piperidine rings is 1. The van der Waals surface area contributed by atoms with Crippen LogP contribution in [0.5, 0.6) is 0 Å². The highest BCUT2D eigenvalue weighted by atomic mass is 35.5. The Morgan fingerprint density at radius 2 is 1.90 bits per heavy atom. The fourth-order valence-electron chi connectivity index (χ4n) is 3.29. The number of hydrogen-bond donors (Lipinski definition) is 1. The van der Waals surface area contributed by atoms with Crippen LogP contribution in [0.1, 0.15) is 31.4 Å². The van der Waals surface area contributed by atoms with Gasteiger partial charge >= 0.3 is 0 Å². The van der Waals surface area contributed by atoms with Crippen LogP contribution in [0.2, 0.25) is 5.02 Å². The number of hydrogen-bond acceptors (Lipinski definition) is 5. The van der Waals surface area contributed by atoms with Gasteiger partial charge in [-0.25, -0.2) is 4.98 Å². The first-order valence-corrected chi connectivity index (χ1v) is 7.81. The molecule has 0 spiro atoms. The number of nitrogens with two attached hydrogens (primary N) is 1. The summed E-state index contributed by atoms with van der Waals surface area (Å²) in [5, 5.41) is 0.637. The summed E-state index contributed by atoms with van der Waals surface area (Å²) in [6, 6.07) is 0.628. The maximum atomic E-state index is 6.34. The highest BCUT2D eigenvalue weighted by Crippen LogP contribution is 2.30. The Hall–Kier alpha value is -1.07. The van der Waals surface area contributed by atoms with Gasteiger partial charge < -0.3 is 10.6 Å². The van der Waals surface area contributed by atoms with Crippen LogP contribution in [0, 0.1) is 6.92 Å². The molecular formula is C14H22ClN5. The molecule has 2 N–H and O–H groups in total. The van der Waals surface area contributed by atoms with Crippen LogP contribution in [0.4, 0.5) is 11.8 Å². The lowest BCUT2D eigenvalue weighted by molar-refractivity contribution is 0.175. The molecule has 20 heavy (non-hydrogen) atoms. The predicted molar refractivity (Wildman–Crippen MR) is 82.2 cm³/mol. The highest BCUT2D eigenvalue weighted by Gasteiger charge is 2.30. The van der Waals surface area contributed by atoms with E-state index >= 15 is 0 Å². The minimum Gasteiger partial charge on any atom is -0.368 e. The Morgan fingerprint density at radius 3 is 2.65 bits per heavy atom. The van der Waals surface area contributed by atoms with Crippen molar-refractivity contribution in [2.24, 2.45) is 0 Å². The molecule has 2 fully saturated rings. The molecule has 1 atom stereocenters. The second kappa shape index (κ2) is 5.74. The Bertz CT molecular complexity index is 487. The average molecular weight is 296 g/mol. The van der Waals surface area contributed by atoms with Gasteiger partial charge in [-0.2, -0.15) is 4.98 Å². The smallest absolute Gasteiger partial charge is 0.222 e. The Kier molecular flexibility index (Phi) is 3.98. The van der Waals surface area contributed by atoms with Crippen LogP contribution in [-0.2, 0) is 0 Å². The summed E-state index contributed by atoms with van der Waals surface area (Å²) in [6.07, 6.45) is 5.22. The van der Waals surface area contributed by atoms with E-state index in [2.05, 4.69) is 19.8 Å². The molecule has 2 aliphatic rings. The highest BCUT2D eigenvalue weighted by molar-refractivity contribution is 6.33. The van der Waals surface area contributed by atoms with E-state index in [0.29, 0.717) is 17.0 Å². The number of nitrogen functional groups attached to an aromatic ring is 1. The molecule has 3 heterocycles. The monoisotopic (exact) mass is 295 g/mol. The minimum absolute atomic E-state index is 0.309. The van der Waals surface area contributed by atoms with Crippen molar-refractivity contribution in [2.75, 3.05) is 36.8 Å². The van der Waals surface area contributed by atoms with E-state index in [0.717, 1.165) is 24.6 Å². The van der Waals surface area contributed by atoms with Gasteiger partial charge in [0.05, 0.1) is 5.69 Å². The molecule has 0 bridgehead atoms. The van der Waals surface area contributed by atoms with Crippen LogP contribution in [0.25, 0.3) is 0 Å². The number of halogens is 1. The van der Waals surface area contributed by atoms with E-state index < -0.39 is 0 Å². The molecule has 1 aromatic rings. The maximum Gasteiger partial charge on any atom is 0.222 e. The lowest BCUT2D eigenvalue weighted by Crippen LogP contribution is -2.41. The Balaban J connectivity index is 1.73. The molecule has 3 rings (SSSR count). The SMILES string of the molecule is Cc1nc(N)nc(N2CCC(N3CCCCC3)C2)c1Cl. The number of aryl methyl sites for hydroxylation is 1. The van der Waals surface area contributed by atoms with Crippen LogP contribution >= 0.6 is 11.6 Å². The molecule has 2 saturated heterocycles. The zero-order valence-corrected chi connectivity index (χ0v) is 12.7. The van der Waals surface area contributed by atoms with E-state index in [9.17, 15) is 0 Å². The van der Waals surface area contributed by atoms with Crippen molar-refractivity contribution in [1.82, 2.24) is 14.9 Å². The van der Waals surface area contributed by atoms with E-state index in [4.69, 9.17) is 17.3 Å². The van der Waals surface area contributed by atoms with Crippen molar-refractivity contribution < 1.29 is 0 Å². The zero-order valence-electron chi connectivity index (χ0n) is 12.0. The molecule has 1 aromatic heterocycles. The van der Waals surface area contributed by atoms with E-state index in [-0.39, 0.29) is 0 Å². The van der Waals surface area contributed by atoms with Crippen molar-refractivity contribution in [2.45, 2.75) is 38.6 Å². The van der Waals surface area contributed by atoms with Gasteiger partial charge in [0.25, 0.3) is 0 Å². The van der Waals surface area contributed by atoms with Crippen molar-refractivity contribution in [3.63, 3.8) is 0 Å². The van der Waals surface area contributed by atoms with Gasteiger partial charge in [0.1, 0.15) is 5.02 Å². The van der Waals surface area contributed by atoms with Gasteiger partial charge in [-0.3, -0.25) is 4.90 Å². The van der Waals surface area contributed by atoms with Gasteiger partial charge in [0.15, 0.2) is 5.82 Å². The second-order valence-electron chi connectivity index (χ2n) is 5.79. The van der Waals surface area contributed by atoms with Gasteiger partial charge in [0, 0.05) is 19.1 Å². The standard InChI is InChI=1S/C14H22ClN5/c1-10-12(15)13(18-14(16)17-10)20-8-5-11(9-20)19-6-3-2-4-7-19/h11H,2-9H2,1H3,(H2,16,17,18). The average Bonchev–Trinajstić information content (AvgIpc) is 2.93. The lowest BCUT2D eigenvalue weighted by Gasteiger charge is -2.32. The largest absolute Gasteiger partial charge is 0.368 e. The summed E-state index contributed by atoms with van der Waals surface area (Å²) in [5.74, 6) is 1.11. The minimum atomic E-state index is 0.309. The first-order chi connectivity index (χ1) is 9.65. The number of anilines is 2. The van der Waals surface area contributed by atoms with Crippen LogP contribution in [-0.4, -0.2) is 47.1 Å². The molecule has 0 aliphatic carbocycles. The van der Waals surface area contributed by atoms with Crippen molar-refractivity contribution >= 4 is 23.4 Å². The van der Waals surface area contributed by atoms with Crippen molar-refractivity contribution in [3.05, 3.63) is 10.7 Å². The molecule has 0 radical (unpaired) electrons. The van der Waals surface area contributed by atoms with Crippen LogP contribution in [0.3, 0.4) is 0 Å². The zero-order chi connectivity index (χ0) is 14.1. The number of nitrogens with zero attached hydrogens (tertiary/aromatic N) is 4. The van der Waals surface area contributed by atoms with Crippen LogP contribution in [0.15, 0.2) is 0 Å². The van der Waals surface area contributed by atoms with E-state index in [1.165, 1.54) is 38.8 Å². The molecule has 0 amide bonds. The maximum absolute atomic E-state index is 6.34. The third-order valence-corrected chi connectivity index (χ3v) is 4.83. The van der Waals surface area contributed by atoms with Gasteiger partial charge in [-0.1, -0.05) is 18.0 Å². The summed E-state index contributed by atoms with van der Waals surface area (Å²) < 4.78 is 0. The molecular weight excluding hydrogens is 274 g/mol. The quantitative estimate of drug-likeness (QED) is 0.905. The first-order valence-electron chi connectivity index (χ1n) is 7.44. The molecule has 0 aromatic carbocycles. The summed E-state index contributed by atoms with van der Waals surface area (Å²) in [7, 11) is 0. The van der Waals surface area contributed by atoms with Gasteiger partial charge in [0.2, 0.25) is 5.95 Å². The number of rotatable bonds is 2. The summed E-state index contributed by atoms with van der Waals surface area (Å²) >= 11 is 6.34. The van der Waals surface area contributed by atoms with Crippen LogP contribution < -0.4 is 10.6 Å². The van der Waals surface area contributed by atoms with Crippen molar-refractivity contribution in [1.29, 1.82) is 0 Å². The third kappa shape index (κ3) is 2.69. The molecule has 2 aliphatic heterocycles. The second-order valence-corrected chi connectivity index (χ2v) is 6.17. The Labute approximate surface area is 125 Å². The van der Waals surface area contributed by atoms with Crippen molar-refractivity contribution in [3.8, 4) is 0 Å². The summed E-state index contributed by atoms with van der Waals surface area (Å²) in [5.41, 5.74) is 6.52. The number of aromatic nitrogens is 2. The van der Waals surface area contributed by atoms with Gasteiger partial charge in [-0.15, -0.1) is 0 Å². The first kappa shape index (κ1) is 13.9. The molecule has 6 heteroatoms. The normalized spacial score (nSPS) is 24.3. The fraction of sp³-hybridized carbons (Fsp3) is 0.714. The Morgan fingerprint density at radius 1 is 1.15 bits per heavy atom. The lowest BCUT2D eigenvalue weighted by atomic mass is 10.1. The summed E-state index contributed by atoms with van der Waals surface area (Å²) in [4.78, 5) is 13.3. The molecule has 0 saturated carbocycles. The predicted octanol–water partition coefficient (Wildman–Crippen LogP) is 2.09. The van der Waals surface area contributed by atoms with Gasteiger partial charge in [-0.05, 0) is 39.3 Å². The fourth-order valence-corrected chi connectivity index (χ4v) is 3.49. The number of likely N-dealkylation sites (tertiary alicyclic amines) is 1.